The van der Waals surface area contributed by atoms with Crippen LogP contribution in [0.4, 0.5) is 0 Å². The highest BCUT2D eigenvalue weighted by Crippen LogP contribution is 2.33. The van der Waals surface area contributed by atoms with E-state index in [4.69, 9.17) is 9.47 Å². The minimum atomic E-state index is 0.604. The highest BCUT2D eigenvalue weighted by atomic mass is 16.5. The van der Waals surface area contributed by atoms with Gasteiger partial charge in [0.05, 0.1) is 13.7 Å². The van der Waals surface area contributed by atoms with Gasteiger partial charge in [0, 0.05) is 13.1 Å². The Labute approximate surface area is 107 Å². The lowest BCUT2D eigenvalue weighted by Gasteiger charge is -2.16. The third-order valence-corrected chi connectivity index (χ3v) is 3.20. The first-order valence-corrected chi connectivity index (χ1v) is 6.30. The second kappa shape index (κ2) is 5.76. The van der Waals surface area contributed by atoms with Crippen LogP contribution >= 0.6 is 0 Å². The van der Waals surface area contributed by atoms with Gasteiger partial charge in [-0.25, -0.2) is 0 Å². The molecule has 0 radical (unpaired) electrons. The van der Waals surface area contributed by atoms with Crippen LogP contribution in [0.15, 0.2) is 12.1 Å². The first kappa shape index (κ1) is 12.7. The number of benzene rings is 1. The van der Waals surface area contributed by atoms with E-state index in [-0.39, 0.29) is 0 Å². The van der Waals surface area contributed by atoms with Crippen LogP contribution in [0.1, 0.15) is 24.5 Å². The summed E-state index contributed by atoms with van der Waals surface area (Å²) in [6.07, 6.45) is 2.88. The van der Waals surface area contributed by atoms with Crippen LogP contribution < -0.4 is 9.47 Å². The molecule has 1 amide bonds. The predicted octanol–water partition coefficient (Wildman–Crippen LogP) is 2.00. The summed E-state index contributed by atoms with van der Waals surface area (Å²) >= 11 is 0. The van der Waals surface area contributed by atoms with E-state index in [9.17, 15) is 4.79 Å². The third kappa shape index (κ3) is 2.58. The zero-order valence-electron chi connectivity index (χ0n) is 10.9. The summed E-state index contributed by atoms with van der Waals surface area (Å²) in [7, 11) is 1.65. The number of hydrogen-bond acceptors (Lipinski definition) is 3. The molecule has 0 bridgehead atoms. The molecule has 2 rings (SSSR count). The highest BCUT2D eigenvalue weighted by molar-refractivity contribution is 5.51. The van der Waals surface area contributed by atoms with Gasteiger partial charge in [-0.05, 0) is 43.0 Å². The number of amides is 1. The molecule has 0 spiro atoms. The van der Waals surface area contributed by atoms with Crippen LogP contribution in [0.25, 0.3) is 0 Å². The summed E-state index contributed by atoms with van der Waals surface area (Å²) in [5.74, 6) is 1.53. The molecular weight excluding hydrogens is 230 g/mol. The first-order valence-electron chi connectivity index (χ1n) is 6.30. The fourth-order valence-corrected chi connectivity index (χ4v) is 2.31. The average molecular weight is 249 g/mol. The van der Waals surface area contributed by atoms with Crippen LogP contribution in [-0.4, -0.2) is 31.6 Å². The van der Waals surface area contributed by atoms with Gasteiger partial charge in [-0.15, -0.1) is 0 Å². The van der Waals surface area contributed by atoms with Crippen molar-refractivity contribution < 1.29 is 14.3 Å². The van der Waals surface area contributed by atoms with E-state index < -0.39 is 0 Å². The van der Waals surface area contributed by atoms with Crippen LogP contribution in [0.5, 0.6) is 11.5 Å². The Balaban J connectivity index is 2.36. The number of carbonyl (C=O) groups is 1. The minimum Gasteiger partial charge on any atom is -0.493 e. The smallest absolute Gasteiger partial charge is 0.210 e. The summed E-state index contributed by atoms with van der Waals surface area (Å²) < 4.78 is 10.9. The Hall–Kier alpha value is -1.71. The quantitative estimate of drug-likeness (QED) is 0.766. The van der Waals surface area contributed by atoms with Crippen molar-refractivity contribution in [1.29, 1.82) is 0 Å². The Morgan fingerprint density at radius 2 is 2.11 bits per heavy atom. The zero-order valence-corrected chi connectivity index (χ0v) is 10.9. The second-order valence-corrected chi connectivity index (χ2v) is 4.38. The molecule has 0 aromatic heterocycles. The molecule has 98 valence electrons. The van der Waals surface area contributed by atoms with Crippen molar-refractivity contribution in [3.05, 3.63) is 23.3 Å². The van der Waals surface area contributed by atoms with Gasteiger partial charge in [0.25, 0.3) is 0 Å². The summed E-state index contributed by atoms with van der Waals surface area (Å²) in [6.45, 7) is 4.02. The van der Waals surface area contributed by atoms with Crippen molar-refractivity contribution in [3.63, 3.8) is 0 Å². The highest BCUT2D eigenvalue weighted by Gasteiger charge is 2.16. The van der Waals surface area contributed by atoms with E-state index in [1.807, 2.05) is 19.1 Å². The van der Waals surface area contributed by atoms with Gasteiger partial charge >= 0.3 is 0 Å². The Morgan fingerprint density at radius 3 is 2.78 bits per heavy atom. The van der Waals surface area contributed by atoms with Crippen molar-refractivity contribution in [2.24, 2.45) is 0 Å². The van der Waals surface area contributed by atoms with E-state index in [1.165, 1.54) is 5.56 Å². The molecule has 4 heteroatoms. The average Bonchev–Trinajstić information content (AvgIpc) is 2.59. The van der Waals surface area contributed by atoms with E-state index >= 15 is 0 Å². The molecule has 0 saturated heterocycles. The van der Waals surface area contributed by atoms with Gasteiger partial charge in [-0.1, -0.05) is 0 Å². The molecule has 1 aromatic rings. The number of aryl methyl sites for hydroxylation is 1. The lowest BCUT2D eigenvalue weighted by atomic mass is 10.0. The lowest BCUT2D eigenvalue weighted by molar-refractivity contribution is -0.118. The standard InChI is InChI=1S/C14H19NO3/c1-3-18-14-8-12-9-15(10-16)6-4-5-11(12)7-13(14)17-2/h7-8,10H,3-6,9H2,1-2H3. The SMILES string of the molecule is CCOc1cc2c(cc1OC)CCCN(C=O)C2. The Kier molecular flexibility index (Phi) is 4.07. The number of carbonyl (C=O) groups excluding carboxylic acids is 1. The van der Waals surface area contributed by atoms with Crippen LogP contribution in [0.3, 0.4) is 0 Å². The molecular formula is C14H19NO3. The number of ether oxygens (including phenoxy) is 2. The summed E-state index contributed by atoms with van der Waals surface area (Å²) in [4.78, 5) is 12.7. The summed E-state index contributed by atoms with van der Waals surface area (Å²) in [5.41, 5.74) is 2.41. The van der Waals surface area contributed by atoms with Crippen molar-refractivity contribution in [3.8, 4) is 11.5 Å². The summed E-state index contributed by atoms with van der Waals surface area (Å²) in [5, 5.41) is 0. The number of fused-ring (bicyclic) bond motifs is 1. The molecule has 0 aliphatic carbocycles. The van der Waals surface area contributed by atoms with Crippen molar-refractivity contribution >= 4 is 6.41 Å². The monoisotopic (exact) mass is 249 g/mol. The minimum absolute atomic E-state index is 0.604. The second-order valence-electron chi connectivity index (χ2n) is 4.38. The maximum absolute atomic E-state index is 10.9. The molecule has 0 atom stereocenters. The fraction of sp³-hybridized carbons (Fsp3) is 0.500. The largest absolute Gasteiger partial charge is 0.493 e. The molecule has 0 saturated carbocycles. The summed E-state index contributed by atoms with van der Waals surface area (Å²) in [6, 6.07) is 4.04. The number of rotatable bonds is 4. The van der Waals surface area contributed by atoms with Gasteiger partial charge in [0.15, 0.2) is 11.5 Å². The molecule has 1 aliphatic rings. The molecule has 4 nitrogen and oxygen atoms in total. The first-order chi connectivity index (χ1) is 8.78. The number of methoxy groups -OCH3 is 1. The van der Waals surface area contributed by atoms with Crippen LogP contribution in [-0.2, 0) is 17.8 Å². The third-order valence-electron chi connectivity index (χ3n) is 3.20. The molecule has 0 unspecified atom stereocenters. The molecule has 0 N–H and O–H groups in total. The molecule has 1 aromatic carbocycles. The fourth-order valence-electron chi connectivity index (χ4n) is 2.31. The van der Waals surface area contributed by atoms with Crippen molar-refractivity contribution in [2.45, 2.75) is 26.3 Å². The number of hydrogen-bond donors (Lipinski definition) is 0. The Morgan fingerprint density at radius 1 is 1.33 bits per heavy atom. The molecule has 1 heterocycles. The normalized spacial score (nSPS) is 14.7. The predicted molar refractivity (Wildman–Crippen MR) is 69.0 cm³/mol. The molecule has 0 fully saturated rings. The molecule has 18 heavy (non-hydrogen) atoms. The van der Waals surface area contributed by atoms with E-state index in [0.717, 1.165) is 42.9 Å². The van der Waals surface area contributed by atoms with E-state index in [1.54, 1.807) is 12.0 Å². The van der Waals surface area contributed by atoms with Crippen molar-refractivity contribution in [2.75, 3.05) is 20.3 Å². The maximum atomic E-state index is 10.9. The topological polar surface area (TPSA) is 38.8 Å². The lowest BCUT2D eigenvalue weighted by Crippen LogP contribution is -2.20. The van der Waals surface area contributed by atoms with E-state index in [2.05, 4.69) is 0 Å². The van der Waals surface area contributed by atoms with Crippen molar-refractivity contribution in [1.82, 2.24) is 4.90 Å². The van der Waals surface area contributed by atoms with E-state index in [0.29, 0.717) is 13.2 Å². The van der Waals surface area contributed by atoms with Gasteiger partial charge in [-0.3, -0.25) is 4.79 Å². The number of nitrogens with zero attached hydrogens (tertiary/aromatic N) is 1. The van der Waals surface area contributed by atoms with Gasteiger partial charge < -0.3 is 14.4 Å². The van der Waals surface area contributed by atoms with Gasteiger partial charge in [0.2, 0.25) is 6.41 Å². The van der Waals surface area contributed by atoms with Gasteiger partial charge in [-0.2, -0.15) is 0 Å². The molecule has 1 aliphatic heterocycles. The van der Waals surface area contributed by atoms with Crippen LogP contribution in [0, 0.1) is 0 Å². The van der Waals surface area contributed by atoms with Crippen LogP contribution in [0.2, 0.25) is 0 Å². The van der Waals surface area contributed by atoms with Gasteiger partial charge in [0.1, 0.15) is 0 Å². The zero-order chi connectivity index (χ0) is 13.0. The Bertz CT molecular complexity index is 431. The maximum Gasteiger partial charge on any atom is 0.210 e.